The smallest absolute Gasteiger partial charge is 0.397 e. The first-order chi connectivity index (χ1) is 8.41. The Balaban J connectivity index is 4.23. The van der Waals surface area contributed by atoms with E-state index in [-0.39, 0.29) is 11.8 Å². The van der Waals surface area contributed by atoms with Crippen LogP contribution in [0, 0.1) is 0 Å². The summed E-state index contributed by atoms with van der Waals surface area (Å²) in [6, 6.07) is -2.21. The highest BCUT2D eigenvalue weighted by atomic mass is 32.2. The van der Waals surface area contributed by atoms with Crippen molar-refractivity contribution in [2.75, 3.05) is 11.5 Å². The number of carboxylic acid groups (broad SMARTS) is 1. The van der Waals surface area contributed by atoms with E-state index in [1.165, 1.54) is 5.32 Å². The van der Waals surface area contributed by atoms with Gasteiger partial charge in [0.25, 0.3) is 0 Å². The van der Waals surface area contributed by atoms with Gasteiger partial charge in [0.15, 0.2) is 0 Å². The van der Waals surface area contributed by atoms with E-state index in [2.05, 4.69) is 0 Å². The number of carbonyl (C=O) groups excluding carboxylic acids is 1. The molecule has 2 N–H and O–H groups in total. The molecule has 19 heavy (non-hydrogen) atoms. The maximum atomic E-state index is 12.0. The van der Waals surface area contributed by atoms with Crippen molar-refractivity contribution in [3.05, 3.63) is 0 Å². The zero-order valence-corrected chi connectivity index (χ0v) is 9.95. The van der Waals surface area contributed by atoms with Crippen LogP contribution in [0.5, 0.6) is 0 Å². The SMILES string of the molecule is O=C(CSCC(F)(F)F)NC(CC(F)(F)F)C(=O)O. The fraction of sp³-hybridized carbons (Fsp3) is 0.750. The maximum absolute atomic E-state index is 12.0. The zero-order chi connectivity index (χ0) is 15.3. The van der Waals surface area contributed by atoms with Gasteiger partial charge in [0.05, 0.1) is 17.9 Å². The number of alkyl halides is 6. The molecule has 0 saturated carbocycles. The monoisotopic (exact) mass is 313 g/mol. The second-order valence-corrected chi connectivity index (χ2v) is 4.37. The van der Waals surface area contributed by atoms with Crippen LogP contribution in [0.1, 0.15) is 6.42 Å². The molecule has 0 aromatic heterocycles. The Morgan fingerprint density at radius 2 is 1.63 bits per heavy atom. The van der Waals surface area contributed by atoms with Crippen molar-refractivity contribution in [1.29, 1.82) is 0 Å². The molecule has 1 atom stereocenters. The largest absolute Gasteiger partial charge is 0.480 e. The molecule has 0 aromatic carbocycles. The number of thioether (sulfide) groups is 1. The van der Waals surface area contributed by atoms with E-state index in [1.54, 1.807) is 0 Å². The Labute approximate surface area is 107 Å². The van der Waals surface area contributed by atoms with E-state index in [1.807, 2.05) is 0 Å². The lowest BCUT2D eigenvalue weighted by Gasteiger charge is -2.16. The number of aliphatic carboxylic acids is 1. The van der Waals surface area contributed by atoms with E-state index in [0.717, 1.165) is 0 Å². The van der Waals surface area contributed by atoms with Crippen LogP contribution in [0.15, 0.2) is 0 Å². The summed E-state index contributed by atoms with van der Waals surface area (Å²) in [5.41, 5.74) is 0. The number of amides is 1. The van der Waals surface area contributed by atoms with Crippen LogP contribution < -0.4 is 5.32 Å². The van der Waals surface area contributed by atoms with Gasteiger partial charge in [0, 0.05) is 0 Å². The Bertz CT molecular complexity index is 329. The fourth-order valence-corrected chi connectivity index (χ4v) is 1.53. The number of hydrogen-bond donors (Lipinski definition) is 2. The second kappa shape index (κ2) is 6.87. The third-order valence-corrected chi connectivity index (χ3v) is 2.57. The molecular weight excluding hydrogens is 304 g/mol. The molecule has 0 rings (SSSR count). The Kier molecular flexibility index (Phi) is 6.46. The Hall–Kier alpha value is -1.13. The summed E-state index contributed by atoms with van der Waals surface area (Å²) in [4.78, 5) is 21.4. The molecule has 1 unspecified atom stereocenters. The van der Waals surface area contributed by atoms with Gasteiger partial charge in [-0.15, -0.1) is 11.8 Å². The first-order valence-corrected chi connectivity index (χ1v) is 5.79. The number of carbonyl (C=O) groups is 2. The molecule has 0 aliphatic heterocycles. The molecule has 112 valence electrons. The molecule has 0 aromatic rings. The molecule has 0 radical (unpaired) electrons. The summed E-state index contributed by atoms with van der Waals surface area (Å²) < 4.78 is 71.0. The van der Waals surface area contributed by atoms with Crippen LogP contribution in [0.2, 0.25) is 0 Å². The predicted octanol–water partition coefficient (Wildman–Crippen LogP) is 1.80. The lowest BCUT2D eigenvalue weighted by atomic mass is 10.2. The van der Waals surface area contributed by atoms with Gasteiger partial charge in [-0.3, -0.25) is 4.79 Å². The standard InChI is InChI=1S/C8H9F6NO3S/c9-7(10,11)1-4(6(17)18)15-5(16)2-19-3-8(12,13)14/h4H,1-3H2,(H,15,16)(H,17,18). The number of nitrogens with one attached hydrogen (secondary N) is 1. The van der Waals surface area contributed by atoms with Crippen LogP contribution in [0.3, 0.4) is 0 Å². The molecule has 0 spiro atoms. The number of halogens is 6. The van der Waals surface area contributed by atoms with Crippen LogP contribution in [0.4, 0.5) is 26.3 Å². The normalized spacial score (nSPS) is 14.0. The highest BCUT2D eigenvalue weighted by Crippen LogP contribution is 2.22. The van der Waals surface area contributed by atoms with Crippen molar-refractivity contribution >= 4 is 23.6 Å². The summed E-state index contributed by atoms with van der Waals surface area (Å²) in [6.45, 7) is 0. The quantitative estimate of drug-likeness (QED) is 0.734. The zero-order valence-electron chi connectivity index (χ0n) is 9.14. The third-order valence-electron chi connectivity index (χ3n) is 1.57. The molecule has 11 heteroatoms. The molecule has 0 fully saturated rings. The van der Waals surface area contributed by atoms with E-state index in [0.29, 0.717) is 0 Å². The Morgan fingerprint density at radius 3 is 2.00 bits per heavy atom. The highest BCUT2D eigenvalue weighted by molar-refractivity contribution is 8.00. The van der Waals surface area contributed by atoms with Gasteiger partial charge in [0.1, 0.15) is 6.04 Å². The molecule has 0 saturated heterocycles. The van der Waals surface area contributed by atoms with E-state index >= 15 is 0 Å². The van der Waals surface area contributed by atoms with Crippen molar-refractivity contribution in [3.63, 3.8) is 0 Å². The van der Waals surface area contributed by atoms with Gasteiger partial charge in [-0.05, 0) is 0 Å². The van der Waals surface area contributed by atoms with Crippen LogP contribution >= 0.6 is 11.8 Å². The van der Waals surface area contributed by atoms with Crippen LogP contribution in [0.25, 0.3) is 0 Å². The van der Waals surface area contributed by atoms with E-state index in [9.17, 15) is 35.9 Å². The summed E-state index contributed by atoms with van der Waals surface area (Å²) >= 11 is 0.129. The summed E-state index contributed by atoms with van der Waals surface area (Å²) in [5, 5.41) is 9.95. The maximum Gasteiger partial charge on any atom is 0.397 e. The molecule has 0 bridgehead atoms. The minimum atomic E-state index is -4.81. The highest BCUT2D eigenvalue weighted by Gasteiger charge is 2.36. The first-order valence-electron chi connectivity index (χ1n) is 4.64. The van der Waals surface area contributed by atoms with Gasteiger partial charge in [-0.25, -0.2) is 4.79 Å². The lowest BCUT2D eigenvalue weighted by molar-refractivity contribution is -0.159. The van der Waals surface area contributed by atoms with Crippen molar-refractivity contribution in [2.45, 2.75) is 24.8 Å². The van der Waals surface area contributed by atoms with Gasteiger partial charge >= 0.3 is 18.3 Å². The van der Waals surface area contributed by atoms with Gasteiger partial charge in [-0.1, -0.05) is 0 Å². The first kappa shape index (κ1) is 17.9. The third kappa shape index (κ3) is 10.5. The van der Waals surface area contributed by atoms with E-state index in [4.69, 9.17) is 5.11 Å². The predicted molar refractivity (Wildman–Crippen MR) is 53.6 cm³/mol. The number of rotatable bonds is 6. The molecular formula is C8H9F6NO3S. The van der Waals surface area contributed by atoms with Crippen LogP contribution in [-0.2, 0) is 9.59 Å². The molecule has 0 aliphatic rings. The van der Waals surface area contributed by atoms with Crippen molar-refractivity contribution in [3.8, 4) is 0 Å². The summed E-state index contributed by atoms with van der Waals surface area (Å²) in [6.07, 6.45) is -11.1. The topological polar surface area (TPSA) is 66.4 Å². The molecule has 1 amide bonds. The minimum Gasteiger partial charge on any atom is -0.480 e. The van der Waals surface area contributed by atoms with Crippen LogP contribution in [-0.4, -0.2) is 46.9 Å². The van der Waals surface area contributed by atoms with Gasteiger partial charge in [-0.2, -0.15) is 26.3 Å². The lowest BCUT2D eigenvalue weighted by Crippen LogP contribution is -2.44. The van der Waals surface area contributed by atoms with Crippen molar-refractivity contribution in [1.82, 2.24) is 5.32 Å². The molecule has 4 nitrogen and oxygen atoms in total. The average Bonchev–Trinajstić information content (AvgIpc) is 2.11. The fourth-order valence-electron chi connectivity index (χ4n) is 0.927. The second-order valence-electron chi connectivity index (χ2n) is 3.39. The summed E-state index contributed by atoms with van der Waals surface area (Å²) in [7, 11) is 0. The molecule has 0 aliphatic carbocycles. The van der Waals surface area contributed by atoms with Crippen molar-refractivity contribution in [2.24, 2.45) is 0 Å². The minimum absolute atomic E-state index is 0.129. The Morgan fingerprint density at radius 1 is 1.11 bits per heavy atom. The average molecular weight is 313 g/mol. The number of hydrogen-bond acceptors (Lipinski definition) is 3. The van der Waals surface area contributed by atoms with E-state index < -0.39 is 48.2 Å². The van der Waals surface area contributed by atoms with Crippen molar-refractivity contribution < 1.29 is 41.0 Å². The van der Waals surface area contributed by atoms with Gasteiger partial charge < -0.3 is 10.4 Å². The summed E-state index contributed by atoms with van der Waals surface area (Å²) in [5.74, 6) is -5.24. The molecule has 0 heterocycles. The number of carboxylic acids is 1. The van der Waals surface area contributed by atoms with Gasteiger partial charge in [0.2, 0.25) is 5.91 Å².